The standard InChI is InChI=1S/C24H28N2O6/c1-5-16-6-8-18(9-7-16)26-14-17(12-22(26)27)24(29)32-15(2)23(28)25-20-13-19(30-3)10-11-21(20)31-4/h6-11,13,15,17H,5,12,14H2,1-4H3,(H,25,28). The van der Waals surface area contributed by atoms with E-state index in [2.05, 4.69) is 12.2 Å². The molecular weight excluding hydrogens is 412 g/mol. The van der Waals surface area contributed by atoms with Crippen LogP contribution in [-0.4, -0.2) is 44.7 Å². The second-order valence-electron chi connectivity index (χ2n) is 7.56. The molecule has 2 amide bonds. The summed E-state index contributed by atoms with van der Waals surface area (Å²) in [5, 5.41) is 2.69. The van der Waals surface area contributed by atoms with E-state index >= 15 is 0 Å². The van der Waals surface area contributed by atoms with Gasteiger partial charge in [0.05, 0.1) is 25.8 Å². The number of carbonyl (C=O) groups excluding carboxylic acids is 3. The number of aryl methyl sites for hydroxylation is 1. The van der Waals surface area contributed by atoms with Crippen molar-refractivity contribution in [2.24, 2.45) is 5.92 Å². The molecule has 1 heterocycles. The third kappa shape index (κ3) is 5.19. The van der Waals surface area contributed by atoms with Gasteiger partial charge < -0.3 is 24.4 Å². The molecule has 1 saturated heterocycles. The molecule has 3 rings (SSSR count). The number of carbonyl (C=O) groups is 3. The maximum absolute atomic E-state index is 12.6. The van der Waals surface area contributed by atoms with E-state index in [1.807, 2.05) is 24.3 Å². The Morgan fingerprint density at radius 1 is 1.12 bits per heavy atom. The van der Waals surface area contributed by atoms with Crippen LogP contribution in [-0.2, 0) is 25.5 Å². The Kier molecular flexibility index (Phi) is 7.35. The quantitative estimate of drug-likeness (QED) is 0.634. The molecule has 170 valence electrons. The molecule has 0 saturated carbocycles. The van der Waals surface area contributed by atoms with Crippen LogP contribution in [0.5, 0.6) is 11.5 Å². The fraction of sp³-hybridized carbons (Fsp3) is 0.375. The zero-order valence-corrected chi connectivity index (χ0v) is 18.7. The number of nitrogens with one attached hydrogen (secondary N) is 1. The van der Waals surface area contributed by atoms with Crippen LogP contribution in [0.4, 0.5) is 11.4 Å². The van der Waals surface area contributed by atoms with Crippen molar-refractivity contribution >= 4 is 29.2 Å². The number of hydrogen-bond donors (Lipinski definition) is 1. The lowest BCUT2D eigenvalue weighted by atomic mass is 10.1. The maximum Gasteiger partial charge on any atom is 0.312 e. The van der Waals surface area contributed by atoms with Gasteiger partial charge in [-0.15, -0.1) is 0 Å². The SMILES string of the molecule is CCc1ccc(N2CC(C(=O)OC(C)C(=O)Nc3cc(OC)ccc3OC)CC2=O)cc1. The number of anilines is 2. The van der Waals surface area contributed by atoms with Gasteiger partial charge >= 0.3 is 5.97 Å². The van der Waals surface area contributed by atoms with Crippen molar-refractivity contribution in [3.8, 4) is 11.5 Å². The zero-order chi connectivity index (χ0) is 23.3. The molecule has 0 radical (unpaired) electrons. The summed E-state index contributed by atoms with van der Waals surface area (Å²) < 4.78 is 15.8. The molecule has 8 nitrogen and oxygen atoms in total. The van der Waals surface area contributed by atoms with Crippen LogP contribution >= 0.6 is 0 Å². The number of hydrogen-bond acceptors (Lipinski definition) is 6. The predicted molar refractivity (Wildman–Crippen MR) is 120 cm³/mol. The number of rotatable bonds is 8. The minimum Gasteiger partial charge on any atom is -0.497 e. The monoisotopic (exact) mass is 440 g/mol. The lowest BCUT2D eigenvalue weighted by Gasteiger charge is -2.19. The van der Waals surface area contributed by atoms with E-state index < -0.39 is 23.9 Å². The van der Waals surface area contributed by atoms with Crippen molar-refractivity contribution in [2.45, 2.75) is 32.8 Å². The van der Waals surface area contributed by atoms with Crippen molar-refractivity contribution in [3.63, 3.8) is 0 Å². The van der Waals surface area contributed by atoms with E-state index in [1.54, 1.807) is 23.1 Å². The summed E-state index contributed by atoms with van der Waals surface area (Å²) in [4.78, 5) is 39.2. The molecule has 0 spiro atoms. The molecule has 1 fully saturated rings. The van der Waals surface area contributed by atoms with Crippen molar-refractivity contribution in [1.29, 1.82) is 0 Å². The van der Waals surface area contributed by atoms with Crippen molar-refractivity contribution in [3.05, 3.63) is 48.0 Å². The van der Waals surface area contributed by atoms with Crippen molar-refractivity contribution in [2.75, 3.05) is 31.0 Å². The van der Waals surface area contributed by atoms with E-state index in [-0.39, 0.29) is 18.9 Å². The summed E-state index contributed by atoms with van der Waals surface area (Å²) in [7, 11) is 3.00. The molecule has 1 aliphatic rings. The summed E-state index contributed by atoms with van der Waals surface area (Å²) in [6, 6.07) is 12.7. The highest BCUT2D eigenvalue weighted by atomic mass is 16.5. The first-order valence-electron chi connectivity index (χ1n) is 10.5. The van der Waals surface area contributed by atoms with Gasteiger partial charge in [0, 0.05) is 24.7 Å². The zero-order valence-electron chi connectivity index (χ0n) is 18.7. The highest BCUT2D eigenvalue weighted by Gasteiger charge is 2.37. The van der Waals surface area contributed by atoms with Crippen LogP contribution in [0.15, 0.2) is 42.5 Å². The lowest BCUT2D eigenvalue weighted by molar-refractivity contribution is -0.157. The average molecular weight is 440 g/mol. The Hall–Kier alpha value is -3.55. The number of amides is 2. The molecule has 1 aliphatic heterocycles. The van der Waals surface area contributed by atoms with Gasteiger partial charge in [-0.3, -0.25) is 14.4 Å². The lowest BCUT2D eigenvalue weighted by Crippen LogP contribution is -2.33. The summed E-state index contributed by atoms with van der Waals surface area (Å²) in [6.45, 7) is 3.77. The van der Waals surface area contributed by atoms with Gasteiger partial charge in [-0.05, 0) is 43.2 Å². The molecule has 1 N–H and O–H groups in total. The molecule has 2 atom stereocenters. The summed E-state index contributed by atoms with van der Waals surface area (Å²) in [5.74, 6) is -0.872. The van der Waals surface area contributed by atoms with Crippen LogP contribution in [0.2, 0.25) is 0 Å². The second kappa shape index (κ2) is 10.2. The number of esters is 1. The maximum atomic E-state index is 12.6. The van der Waals surface area contributed by atoms with E-state index in [9.17, 15) is 14.4 Å². The van der Waals surface area contributed by atoms with Crippen molar-refractivity contribution < 1.29 is 28.6 Å². The van der Waals surface area contributed by atoms with Gasteiger partial charge in [-0.2, -0.15) is 0 Å². The first-order valence-corrected chi connectivity index (χ1v) is 10.5. The van der Waals surface area contributed by atoms with Crippen LogP contribution in [0.1, 0.15) is 25.8 Å². The van der Waals surface area contributed by atoms with Gasteiger partial charge in [-0.25, -0.2) is 0 Å². The summed E-state index contributed by atoms with van der Waals surface area (Å²) in [5.41, 5.74) is 2.32. The van der Waals surface area contributed by atoms with E-state index in [0.29, 0.717) is 17.2 Å². The fourth-order valence-corrected chi connectivity index (χ4v) is 3.50. The number of nitrogens with zero attached hydrogens (tertiary/aromatic N) is 1. The van der Waals surface area contributed by atoms with Gasteiger partial charge in [-0.1, -0.05) is 19.1 Å². The van der Waals surface area contributed by atoms with Crippen LogP contribution in [0.3, 0.4) is 0 Å². The van der Waals surface area contributed by atoms with Gasteiger partial charge in [0.15, 0.2) is 6.10 Å². The molecule has 8 heteroatoms. The summed E-state index contributed by atoms with van der Waals surface area (Å²) in [6.07, 6.45) is -0.0941. The van der Waals surface area contributed by atoms with Gasteiger partial charge in [0.25, 0.3) is 5.91 Å². The number of methoxy groups -OCH3 is 2. The predicted octanol–water partition coefficient (Wildman–Crippen LogP) is 3.19. The normalized spacial score (nSPS) is 16.4. The Labute approximate surface area is 187 Å². The Morgan fingerprint density at radius 2 is 1.84 bits per heavy atom. The molecule has 0 aliphatic carbocycles. The first kappa shape index (κ1) is 23.1. The van der Waals surface area contributed by atoms with Crippen LogP contribution < -0.4 is 19.7 Å². The number of benzene rings is 2. The minimum absolute atomic E-state index is 0.0480. The molecule has 2 unspecified atom stereocenters. The molecule has 2 aromatic carbocycles. The third-order valence-electron chi connectivity index (χ3n) is 5.44. The fourth-order valence-electron chi connectivity index (χ4n) is 3.50. The minimum atomic E-state index is -1.05. The highest BCUT2D eigenvalue weighted by Crippen LogP contribution is 2.30. The van der Waals surface area contributed by atoms with Gasteiger partial charge in [0.1, 0.15) is 11.5 Å². The Bertz CT molecular complexity index is 988. The Morgan fingerprint density at radius 3 is 2.47 bits per heavy atom. The van der Waals surface area contributed by atoms with Crippen LogP contribution in [0.25, 0.3) is 0 Å². The average Bonchev–Trinajstić information content (AvgIpc) is 3.20. The summed E-state index contributed by atoms with van der Waals surface area (Å²) >= 11 is 0. The van der Waals surface area contributed by atoms with Gasteiger partial charge in [0.2, 0.25) is 5.91 Å². The van der Waals surface area contributed by atoms with Crippen molar-refractivity contribution in [1.82, 2.24) is 0 Å². The largest absolute Gasteiger partial charge is 0.497 e. The Balaban J connectivity index is 1.60. The molecule has 0 aromatic heterocycles. The van der Waals surface area contributed by atoms with E-state index in [0.717, 1.165) is 12.1 Å². The van der Waals surface area contributed by atoms with Crippen LogP contribution in [0, 0.1) is 5.92 Å². The first-order chi connectivity index (χ1) is 15.4. The van der Waals surface area contributed by atoms with E-state index in [1.165, 1.54) is 26.7 Å². The molecule has 2 aromatic rings. The number of ether oxygens (including phenoxy) is 3. The van der Waals surface area contributed by atoms with E-state index in [4.69, 9.17) is 14.2 Å². The molecular formula is C24H28N2O6. The topological polar surface area (TPSA) is 94.2 Å². The smallest absolute Gasteiger partial charge is 0.312 e. The highest BCUT2D eigenvalue weighted by molar-refractivity contribution is 6.00. The third-order valence-corrected chi connectivity index (χ3v) is 5.44. The molecule has 0 bridgehead atoms. The second-order valence-corrected chi connectivity index (χ2v) is 7.56. The molecule has 32 heavy (non-hydrogen) atoms.